The van der Waals surface area contributed by atoms with E-state index < -0.39 is 0 Å². The number of aromatic nitrogens is 1. The molecule has 0 saturated heterocycles. The zero-order chi connectivity index (χ0) is 13.0. The van der Waals surface area contributed by atoms with Crippen LogP contribution in [0.2, 0.25) is 0 Å². The van der Waals surface area contributed by atoms with Gasteiger partial charge in [-0.2, -0.15) is 0 Å². The van der Waals surface area contributed by atoms with Crippen molar-refractivity contribution in [2.45, 2.75) is 31.2 Å². The molecule has 3 rings (SSSR count). The predicted octanol–water partition coefficient (Wildman–Crippen LogP) is 3.34. The van der Waals surface area contributed by atoms with Crippen LogP contribution in [0.25, 0.3) is 0 Å². The van der Waals surface area contributed by atoms with Gasteiger partial charge in [0.1, 0.15) is 0 Å². The summed E-state index contributed by atoms with van der Waals surface area (Å²) in [5.41, 5.74) is 2.60. The van der Waals surface area contributed by atoms with Gasteiger partial charge >= 0.3 is 0 Å². The summed E-state index contributed by atoms with van der Waals surface area (Å²) in [5.74, 6) is 0.806. The van der Waals surface area contributed by atoms with E-state index >= 15 is 0 Å². The van der Waals surface area contributed by atoms with E-state index in [4.69, 9.17) is 0 Å². The van der Waals surface area contributed by atoms with Crippen molar-refractivity contribution >= 4 is 0 Å². The number of allylic oxidation sites excluding steroid dienone is 4. The van der Waals surface area contributed by atoms with E-state index in [0.29, 0.717) is 0 Å². The Balaban J connectivity index is 2.20. The highest BCUT2D eigenvalue weighted by atomic mass is 16.3. The maximum Gasteiger partial charge on any atom is 0.198 e. The van der Waals surface area contributed by atoms with E-state index in [1.54, 1.807) is 6.08 Å². The zero-order valence-electron chi connectivity index (χ0n) is 10.4. The van der Waals surface area contributed by atoms with Gasteiger partial charge in [0, 0.05) is 23.0 Å². The second kappa shape index (κ2) is 3.55. The largest absolute Gasteiger partial charge is 0.494 e. The first-order chi connectivity index (χ1) is 8.56. The molecule has 0 aromatic carbocycles. The molecule has 3 unspecified atom stereocenters. The SMILES string of the molecule is C=CC(C(=C)C)n1c(O)c2c(c1O)C1C=CC2C1. The van der Waals surface area contributed by atoms with Crippen LogP contribution in [0.3, 0.4) is 0 Å². The zero-order valence-corrected chi connectivity index (χ0v) is 10.4. The van der Waals surface area contributed by atoms with Crippen molar-refractivity contribution in [1.82, 2.24) is 4.57 Å². The van der Waals surface area contributed by atoms with Crippen molar-refractivity contribution < 1.29 is 10.2 Å². The van der Waals surface area contributed by atoms with Gasteiger partial charge in [-0.05, 0) is 13.3 Å². The molecule has 0 fully saturated rings. The second-order valence-electron chi connectivity index (χ2n) is 5.21. The quantitative estimate of drug-likeness (QED) is 0.800. The fourth-order valence-electron chi connectivity index (χ4n) is 3.25. The van der Waals surface area contributed by atoms with E-state index in [1.807, 2.05) is 6.92 Å². The van der Waals surface area contributed by atoms with Crippen LogP contribution in [0, 0.1) is 0 Å². The summed E-state index contributed by atoms with van der Waals surface area (Å²) in [6, 6.07) is -0.269. The van der Waals surface area contributed by atoms with Crippen LogP contribution in [0.1, 0.15) is 42.3 Å². The van der Waals surface area contributed by atoms with Gasteiger partial charge in [0.2, 0.25) is 0 Å². The summed E-state index contributed by atoms with van der Waals surface area (Å²) < 4.78 is 1.53. The first-order valence-electron chi connectivity index (χ1n) is 6.18. The normalized spacial score (nSPS) is 25.2. The van der Waals surface area contributed by atoms with Crippen LogP contribution in [-0.2, 0) is 0 Å². The molecule has 3 nitrogen and oxygen atoms in total. The van der Waals surface area contributed by atoms with E-state index in [0.717, 1.165) is 23.1 Å². The molecule has 0 radical (unpaired) electrons. The molecule has 94 valence electrons. The van der Waals surface area contributed by atoms with Crippen LogP contribution >= 0.6 is 0 Å². The second-order valence-corrected chi connectivity index (χ2v) is 5.21. The highest BCUT2D eigenvalue weighted by Gasteiger charge is 2.41. The maximum atomic E-state index is 10.4. The molecule has 18 heavy (non-hydrogen) atoms. The molecule has 2 aliphatic rings. The summed E-state index contributed by atoms with van der Waals surface area (Å²) in [6.07, 6.45) is 6.88. The van der Waals surface area contributed by atoms with E-state index in [1.165, 1.54) is 4.57 Å². The molecule has 3 atom stereocenters. The minimum absolute atomic E-state index is 0.159. The average molecular weight is 243 g/mol. The lowest BCUT2D eigenvalue weighted by Crippen LogP contribution is -2.07. The van der Waals surface area contributed by atoms with Crippen molar-refractivity contribution in [3.63, 3.8) is 0 Å². The predicted molar refractivity (Wildman–Crippen MR) is 71.0 cm³/mol. The Kier molecular flexibility index (Phi) is 2.21. The molecule has 0 saturated carbocycles. The summed E-state index contributed by atoms with van der Waals surface area (Å²) >= 11 is 0. The number of hydrogen-bond acceptors (Lipinski definition) is 2. The van der Waals surface area contributed by atoms with Crippen molar-refractivity contribution in [3.8, 4) is 11.8 Å². The number of nitrogens with zero attached hydrogens (tertiary/aromatic N) is 1. The third-order valence-electron chi connectivity index (χ3n) is 4.06. The lowest BCUT2D eigenvalue weighted by atomic mass is 10.0. The highest BCUT2D eigenvalue weighted by molar-refractivity contribution is 5.59. The smallest absolute Gasteiger partial charge is 0.198 e. The van der Waals surface area contributed by atoms with Crippen molar-refractivity contribution in [3.05, 3.63) is 48.1 Å². The minimum atomic E-state index is -0.269. The molecule has 2 bridgehead atoms. The maximum absolute atomic E-state index is 10.4. The van der Waals surface area contributed by atoms with Gasteiger partial charge in [-0.1, -0.05) is 30.4 Å². The van der Waals surface area contributed by atoms with Gasteiger partial charge < -0.3 is 10.2 Å². The van der Waals surface area contributed by atoms with Gasteiger partial charge in [-0.3, -0.25) is 4.57 Å². The summed E-state index contributed by atoms with van der Waals surface area (Å²) in [5, 5.41) is 20.8. The highest BCUT2D eigenvalue weighted by Crippen LogP contribution is 2.57. The van der Waals surface area contributed by atoms with Crippen LogP contribution in [-0.4, -0.2) is 14.8 Å². The molecule has 3 heteroatoms. The first kappa shape index (κ1) is 11.2. The van der Waals surface area contributed by atoms with Gasteiger partial charge in [0.15, 0.2) is 11.8 Å². The third-order valence-corrected chi connectivity index (χ3v) is 4.06. The van der Waals surface area contributed by atoms with Gasteiger partial charge in [0.05, 0.1) is 6.04 Å². The standard InChI is InChI=1S/C15H17NO2/c1-4-11(8(2)3)16-14(17)12-9-5-6-10(7-9)13(12)15(16)18/h4-6,9-11,17-18H,1-2,7H2,3H3. The Labute approximate surface area is 106 Å². The first-order valence-corrected chi connectivity index (χ1v) is 6.18. The van der Waals surface area contributed by atoms with Crippen LogP contribution < -0.4 is 0 Å². The van der Waals surface area contributed by atoms with Gasteiger partial charge in [-0.25, -0.2) is 0 Å². The third kappa shape index (κ3) is 1.19. The number of aromatic hydroxyl groups is 2. The van der Waals surface area contributed by atoms with Gasteiger partial charge in [-0.15, -0.1) is 6.58 Å². The Morgan fingerprint density at radius 2 is 1.83 bits per heavy atom. The number of hydrogen-bond donors (Lipinski definition) is 2. The molecule has 0 amide bonds. The Morgan fingerprint density at radius 3 is 2.22 bits per heavy atom. The van der Waals surface area contributed by atoms with Crippen LogP contribution in [0.5, 0.6) is 11.8 Å². The molecular formula is C15H17NO2. The lowest BCUT2D eigenvalue weighted by molar-refractivity contribution is 0.358. The molecule has 2 N–H and O–H groups in total. The molecule has 2 aliphatic carbocycles. The Bertz CT molecular complexity index is 544. The van der Waals surface area contributed by atoms with Crippen LogP contribution in [0.15, 0.2) is 37.0 Å². The summed E-state index contributed by atoms with van der Waals surface area (Å²) in [7, 11) is 0. The molecule has 1 aromatic rings. The van der Waals surface area contributed by atoms with E-state index in [9.17, 15) is 10.2 Å². The molecular weight excluding hydrogens is 226 g/mol. The van der Waals surface area contributed by atoms with E-state index in [2.05, 4.69) is 25.3 Å². The molecule has 1 heterocycles. The molecule has 1 aromatic heterocycles. The Morgan fingerprint density at radius 1 is 1.33 bits per heavy atom. The fourth-order valence-corrected chi connectivity index (χ4v) is 3.25. The molecule has 0 aliphatic heterocycles. The van der Waals surface area contributed by atoms with Crippen molar-refractivity contribution in [1.29, 1.82) is 0 Å². The average Bonchev–Trinajstić information content (AvgIpc) is 2.98. The lowest BCUT2D eigenvalue weighted by Gasteiger charge is -2.18. The van der Waals surface area contributed by atoms with Crippen molar-refractivity contribution in [2.24, 2.45) is 0 Å². The van der Waals surface area contributed by atoms with Crippen LogP contribution in [0.4, 0.5) is 0 Å². The topological polar surface area (TPSA) is 45.4 Å². The fraction of sp³-hybridized carbons (Fsp3) is 0.333. The minimum Gasteiger partial charge on any atom is -0.494 e. The van der Waals surface area contributed by atoms with E-state index in [-0.39, 0.29) is 29.6 Å². The molecule has 0 spiro atoms. The van der Waals surface area contributed by atoms with Gasteiger partial charge in [0.25, 0.3) is 0 Å². The summed E-state index contributed by atoms with van der Waals surface area (Å²) in [6.45, 7) is 9.51. The number of rotatable bonds is 3. The Hall–Kier alpha value is -1.90. The van der Waals surface area contributed by atoms with Crippen molar-refractivity contribution in [2.75, 3.05) is 0 Å². The monoisotopic (exact) mass is 243 g/mol. The number of fused-ring (bicyclic) bond motifs is 5. The summed E-state index contributed by atoms with van der Waals surface area (Å²) in [4.78, 5) is 0.